The fourth-order valence-electron chi connectivity index (χ4n) is 7.46. The number of nitrogens with one attached hydrogen (secondary N) is 1. The molecule has 0 spiro atoms. The van der Waals surface area contributed by atoms with Crippen molar-refractivity contribution in [2.45, 2.75) is 63.5 Å². The Kier molecular flexibility index (Phi) is 8.57. The predicted molar refractivity (Wildman–Crippen MR) is 178 cm³/mol. The highest BCUT2D eigenvalue weighted by atomic mass is 32.2. The minimum Gasteiger partial charge on any atom is -0.493 e. The number of aliphatic carboxylic acids is 1. The van der Waals surface area contributed by atoms with Gasteiger partial charge in [0.1, 0.15) is 39.7 Å². The Balaban J connectivity index is 1.05. The molecule has 0 amide bonds. The Morgan fingerprint density at radius 2 is 1.72 bits per heavy atom. The van der Waals surface area contributed by atoms with E-state index in [1.165, 1.54) is 22.3 Å². The number of aromatic nitrogens is 1. The van der Waals surface area contributed by atoms with Crippen LogP contribution in [0.15, 0.2) is 71.3 Å². The summed E-state index contributed by atoms with van der Waals surface area (Å²) in [6.45, 7) is 3.31. The molecule has 2 saturated heterocycles. The quantitative estimate of drug-likeness (QED) is 0.235. The van der Waals surface area contributed by atoms with E-state index in [4.69, 9.17) is 14.0 Å². The van der Waals surface area contributed by atoms with Crippen LogP contribution in [0, 0.1) is 12.8 Å². The molecule has 1 aliphatic carbocycles. The van der Waals surface area contributed by atoms with Crippen molar-refractivity contribution in [3.05, 3.63) is 100 Å². The standard InChI is InChI=1S/C37H40N2O7S/c1-24-19-34(39-46-24)37(15-16-38-35(37)36(40)41)29-7-9-30(10-8-29)44-23-26-5-6-27-3-2-4-28-21-31(11-12-32(28)33(27)20-26)45-22-25-13-17-47(42,43)18-14-25/h5-12,19-21,25,35,38H,2-4,13-18,22-23H2,1H3,(H,40,41)/t35-,37?/m1/s1. The van der Waals surface area contributed by atoms with Gasteiger partial charge >= 0.3 is 5.97 Å². The molecule has 2 atom stereocenters. The lowest BCUT2D eigenvalue weighted by molar-refractivity contribution is -0.140. The molecule has 7 rings (SSSR count). The number of carboxylic acids is 1. The van der Waals surface area contributed by atoms with E-state index < -0.39 is 27.3 Å². The molecule has 0 bridgehead atoms. The first-order chi connectivity index (χ1) is 22.7. The normalized spacial score (nSPS) is 22.2. The number of nitrogens with zero attached hydrogens (tertiary/aromatic N) is 1. The van der Waals surface area contributed by atoms with Crippen molar-refractivity contribution >= 4 is 15.8 Å². The fraction of sp³-hybridized carbons (Fsp3) is 0.405. The Bertz CT molecular complexity index is 1870. The average molecular weight is 657 g/mol. The Morgan fingerprint density at radius 3 is 2.47 bits per heavy atom. The van der Waals surface area contributed by atoms with Crippen molar-refractivity contribution < 1.29 is 32.3 Å². The molecule has 3 heterocycles. The minimum atomic E-state index is -2.88. The summed E-state index contributed by atoms with van der Waals surface area (Å²) in [5.74, 6) is 2.05. The van der Waals surface area contributed by atoms with Crippen LogP contribution in [0.5, 0.6) is 11.5 Å². The number of rotatable bonds is 9. The summed E-state index contributed by atoms with van der Waals surface area (Å²) in [7, 11) is -2.88. The van der Waals surface area contributed by atoms with Crippen LogP contribution in [-0.2, 0) is 39.5 Å². The van der Waals surface area contributed by atoms with Crippen molar-refractivity contribution in [3.63, 3.8) is 0 Å². The van der Waals surface area contributed by atoms with Crippen molar-refractivity contribution in [1.82, 2.24) is 10.5 Å². The summed E-state index contributed by atoms with van der Waals surface area (Å²) >= 11 is 0. The van der Waals surface area contributed by atoms with Crippen molar-refractivity contribution in [2.24, 2.45) is 5.92 Å². The van der Waals surface area contributed by atoms with Gasteiger partial charge in [-0.3, -0.25) is 4.79 Å². The first kappa shape index (κ1) is 31.4. The Morgan fingerprint density at radius 1 is 0.957 bits per heavy atom. The maximum Gasteiger partial charge on any atom is 0.322 e. The highest BCUT2D eigenvalue weighted by Gasteiger charge is 2.51. The molecule has 0 radical (unpaired) electrons. The predicted octanol–water partition coefficient (Wildman–Crippen LogP) is 5.65. The summed E-state index contributed by atoms with van der Waals surface area (Å²) in [6, 6.07) is 21.6. The number of sulfone groups is 1. The smallest absolute Gasteiger partial charge is 0.322 e. The fourth-order valence-corrected chi connectivity index (χ4v) is 9.05. The number of hydrogen-bond acceptors (Lipinski definition) is 8. The third-order valence-electron chi connectivity index (χ3n) is 10.1. The molecule has 47 heavy (non-hydrogen) atoms. The molecule has 1 aromatic heterocycles. The largest absolute Gasteiger partial charge is 0.493 e. The van der Waals surface area contributed by atoms with Gasteiger partial charge < -0.3 is 24.4 Å². The number of ether oxygens (including phenoxy) is 2. The van der Waals surface area contributed by atoms with Gasteiger partial charge in [-0.2, -0.15) is 0 Å². The molecular weight excluding hydrogens is 616 g/mol. The van der Waals surface area contributed by atoms with Crippen molar-refractivity contribution in [3.8, 4) is 22.6 Å². The van der Waals surface area contributed by atoms with E-state index in [0.29, 0.717) is 56.2 Å². The van der Waals surface area contributed by atoms with E-state index in [-0.39, 0.29) is 17.4 Å². The monoisotopic (exact) mass is 656 g/mol. The van der Waals surface area contributed by atoms with E-state index >= 15 is 0 Å². The Labute approximate surface area is 275 Å². The van der Waals surface area contributed by atoms with Gasteiger partial charge in [0.25, 0.3) is 0 Å². The maximum absolute atomic E-state index is 12.3. The summed E-state index contributed by atoms with van der Waals surface area (Å²) < 4.78 is 41.3. The molecule has 1 unspecified atom stereocenters. The van der Waals surface area contributed by atoms with Gasteiger partial charge in [0.2, 0.25) is 0 Å². The first-order valence-corrected chi connectivity index (χ1v) is 18.2. The van der Waals surface area contributed by atoms with E-state index in [1.54, 1.807) is 0 Å². The Hall–Kier alpha value is -4.15. The number of fused-ring (bicyclic) bond motifs is 3. The molecule has 2 fully saturated rings. The topological polar surface area (TPSA) is 128 Å². The van der Waals surface area contributed by atoms with Crippen LogP contribution in [-0.4, -0.2) is 55.3 Å². The molecule has 246 valence electrons. The van der Waals surface area contributed by atoms with Crippen LogP contribution in [0.3, 0.4) is 0 Å². The van der Waals surface area contributed by atoms with Gasteiger partial charge in [0.05, 0.1) is 29.2 Å². The van der Waals surface area contributed by atoms with Gasteiger partial charge in [-0.05, 0) is 122 Å². The van der Waals surface area contributed by atoms with Gasteiger partial charge in [-0.1, -0.05) is 35.5 Å². The molecule has 2 aliphatic heterocycles. The summed E-state index contributed by atoms with van der Waals surface area (Å²) in [5.41, 5.74) is 6.71. The number of hydrogen-bond donors (Lipinski definition) is 2. The van der Waals surface area contributed by atoms with Gasteiger partial charge in [0.15, 0.2) is 0 Å². The molecule has 3 aromatic carbocycles. The highest BCUT2D eigenvalue weighted by Crippen LogP contribution is 2.42. The zero-order chi connectivity index (χ0) is 32.6. The summed E-state index contributed by atoms with van der Waals surface area (Å²) in [6.07, 6.45) is 4.95. The van der Waals surface area contributed by atoms with Crippen LogP contribution in [0.4, 0.5) is 0 Å². The molecule has 9 nitrogen and oxygen atoms in total. The number of benzene rings is 3. The van der Waals surface area contributed by atoms with Crippen LogP contribution in [0.1, 0.15) is 59.4 Å². The number of carboxylic acid groups (broad SMARTS) is 1. The SMILES string of the molecule is Cc1cc(C2(c3ccc(OCc4ccc5c(c4)-c4ccc(OCC6CCS(=O)(=O)CC6)cc4CCC5)cc3)CCN[C@@H]2C(=O)O)no1. The lowest BCUT2D eigenvalue weighted by atomic mass is 9.71. The van der Waals surface area contributed by atoms with Crippen molar-refractivity contribution in [2.75, 3.05) is 24.7 Å². The molecule has 10 heteroatoms. The first-order valence-electron chi connectivity index (χ1n) is 16.4. The molecule has 4 aromatic rings. The van der Waals surface area contributed by atoms with Gasteiger partial charge in [-0.15, -0.1) is 0 Å². The zero-order valence-electron chi connectivity index (χ0n) is 26.5. The van der Waals surface area contributed by atoms with E-state index in [1.807, 2.05) is 43.3 Å². The second-order valence-electron chi connectivity index (χ2n) is 13.2. The third kappa shape index (κ3) is 6.41. The van der Waals surface area contributed by atoms with Gasteiger partial charge in [0, 0.05) is 6.07 Å². The average Bonchev–Trinajstić information content (AvgIpc) is 3.67. The van der Waals surface area contributed by atoms with Crippen LogP contribution < -0.4 is 14.8 Å². The number of aryl methyl sites for hydroxylation is 3. The molecule has 2 N–H and O–H groups in total. The lowest BCUT2D eigenvalue weighted by Gasteiger charge is -2.31. The third-order valence-corrected chi connectivity index (χ3v) is 11.8. The van der Waals surface area contributed by atoms with Crippen LogP contribution in [0.2, 0.25) is 0 Å². The zero-order valence-corrected chi connectivity index (χ0v) is 27.4. The highest BCUT2D eigenvalue weighted by molar-refractivity contribution is 7.91. The van der Waals surface area contributed by atoms with Crippen LogP contribution >= 0.6 is 0 Å². The molecule has 0 saturated carbocycles. The number of carbonyl (C=O) groups is 1. The second kappa shape index (κ2) is 12.8. The summed E-state index contributed by atoms with van der Waals surface area (Å²) in [5, 5.41) is 17.4. The summed E-state index contributed by atoms with van der Waals surface area (Å²) in [4.78, 5) is 12.3. The van der Waals surface area contributed by atoms with E-state index in [0.717, 1.165) is 36.1 Å². The minimum absolute atomic E-state index is 0.258. The maximum atomic E-state index is 12.3. The second-order valence-corrected chi connectivity index (χ2v) is 15.5. The van der Waals surface area contributed by atoms with E-state index in [9.17, 15) is 18.3 Å². The molecule has 3 aliphatic rings. The lowest BCUT2D eigenvalue weighted by Crippen LogP contribution is -2.47. The van der Waals surface area contributed by atoms with E-state index in [2.05, 4.69) is 40.8 Å². The van der Waals surface area contributed by atoms with Crippen LogP contribution in [0.25, 0.3) is 11.1 Å². The van der Waals surface area contributed by atoms with Crippen molar-refractivity contribution in [1.29, 1.82) is 0 Å². The molecular formula is C37H40N2O7S. The van der Waals surface area contributed by atoms with Gasteiger partial charge in [-0.25, -0.2) is 8.42 Å².